The van der Waals surface area contributed by atoms with Crippen molar-refractivity contribution in [2.45, 2.75) is 26.2 Å². The lowest BCUT2D eigenvalue weighted by Gasteiger charge is -2.13. The second-order valence-electron chi connectivity index (χ2n) is 4.91. The van der Waals surface area contributed by atoms with Gasteiger partial charge in [-0.3, -0.25) is 4.79 Å². The van der Waals surface area contributed by atoms with Gasteiger partial charge in [0.25, 0.3) is 0 Å². The van der Waals surface area contributed by atoms with E-state index >= 15 is 0 Å². The van der Waals surface area contributed by atoms with E-state index in [9.17, 15) is 9.18 Å². The Morgan fingerprint density at radius 1 is 1.23 bits per heavy atom. The van der Waals surface area contributed by atoms with Crippen LogP contribution in [0.15, 0.2) is 48.5 Å². The molecule has 0 spiro atoms. The van der Waals surface area contributed by atoms with Gasteiger partial charge in [-0.2, -0.15) is 0 Å². The number of hydrogen-bond donors (Lipinski definition) is 1. The highest BCUT2D eigenvalue weighted by molar-refractivity contribution is 6.30. The molecule has 0 radical (unpaired) electrons. The Hall–Kier alpha value is -1.91. The monoisotopic (exact) mass is 321 g/mol. The third-order valence-corrected chi connectivity index (χ3v) is 3.45. The van der Waals surface area contributed by atoms with Gasteiger partial charge in [0.15, 0.2) is 0 Å². The third-order valence-electron chi connectivity index (χ3n) is 3.16. The Morgan fingerprint density at radius 2 is 1.95 bits per heavy atom. The number of halogens is 2. The van der Waals surface area contributed by atoms with E-state index in [1.54, 1.807) is 13.0 Å². The standard InChI is InChI=1S/C17H17ClFNO2/c1-12(22-11-13-5-3-2-4-6-13)17(21)20-10-14-7-8-16(19)15(18)9-14/h2-9,12H,10-11H2,1H3,(H,20,21). The molecule has 0 aromatic heterocycles. The van der Waals surface area contributed by atoms with Crippen molar-refractivity contribution < 1.29 is 13.9 Å². The highest BCUT2D eigenvalue weighted by atomic mass is 35.5. The fourth-order valence-electron chi connectivity index (χ4n) is 1.85. The summed E-state index contributed by atoms with van der Waals surface area (Å²) in [7, 11) is 0. The second kappa shape index (κ2) is 7.92. The normalized spacial score (nSPS) is 12.0. The van der Waals surface area contributed by atoms with Crippen molar-refractivity contribution in [2.75, 3.05) is 0 Å². The molecule has 0 aliphatic heterocycles. The van der Waals surface area contributed by atoms with Crippen molar-refractivity contribution in [1.29, 1.82) is 0 Å². The summed E-state index contributed by atoms with van der Waals surface area (Å²) in [5.41, 5.74) is 1.74. The summed E-state index contributed by atoms with van der Waals surface area (Å²) in [5, 5.41) is 2.78. The van der Waals surface area contributed by atoms with Crippen LogP contribution in [0.25, 0.3) is 0 Å². The van der Waals surface area contributed by atoms with Crippen LogP contribution in [0.4, 0.5) is 4.39 Å². The topological polar surface area (TPSA) is 38.3 Å². The number of nitrogens with one attached hydrogen (secondary N) is 1. The van der Waals surface area contributed by atoms with Crippen LogP contribution in [0.3, 0.4) is 0 Å². The van der Waals surface area contributed by atoms with E-state index in [1.165, 1.54) is 12.1 Å². The lowest BCUT2D eigenvalue weighted by molar-refractivity contribution is -0.132. The van der Waals surface area contributed by atoms with Gasteiger partial charge < -0.3 is 10.1 Å². The number of ether oxygens (including phenoxy) is 1. The Balaban J connectivity index is 1.79. The van der Waals surface area contributed by atoms with E-state index < -0.39 is 11.9 Å². The first-order valence-electron chi connectivity index (χ1n) is 6.93. The Labute approximate surface area is 134 Å². The van der Waals surface area contributed by atoms with Crippen LogP contribution < -0.4 is 5.32 Å². The minimum atomic E-state index is -0.573. The third kappa shape index (κ3) is 4.83. The second-order valence-corrected chi connectivity index (χ2v) is 5.31. The van der Waals surface area contributed by atoms with Gasteiger partial charge in [-0.1, -0.05) is 48.0 Å². The molecule has 1 amide bonds. The fourth-order valence-corrected chi connectivity index (χ4v) is 2.06. The molecule has 3 nitrogen and oxygen atoms in total. The van der Waals surface area contributed by atoms with Crippen molar-refractivity contribution in [2.24, 2.45) is 0 Å². The Morgan fingerprint density at radius 3 is 2.64 bits per heavy atom. The smallest absolute Gasteiger partial charge is 0.249 e. The van der Waals surface area contributed by atoms with Gasteiger partial charge in [0, 0.05) is 6.54 Å². The molecule has 1 unspecified atom stereocenters. The van der Waals surface area contributed by atoms with Gasteiger partial charge in [-0.25, -0.2) is 4.39 Å². The van der Waals surface area contributed by atoms with Crippen LogP contribution >= 0.6 is 11.6 Å². The maximum absolute atomic E-state index is 13.0. The quantitative estimate of drug-likeness (QED) is 0.881. The molecule has 0 aliphatic rings. The molecule has 22 heavy (non-hydrogen) atoms. The molecular weight excluding hydrogens is 305 g/mol. The van der Waals surface area contributed by atoms with Gasteiger partial charge in [-0.05, 0) is 30.2 Å². The summed E-state index contributed by atoms with van der Waals surface area (Å²) in [6.45, 7) is 2.34. The van der Waals surface area contributed by atoms with E-state index in [-0.39, 0.29) is 17.5 Å². The number of hydrogen-bond acceptors (Lipinski definition) is 2. The lowest BCUT2D eigenvalue weighted by Crippen LogP contribution is -2.34. The van der Waals surface area contributed by atoms with Gasteiger partial charge in [0.1, 0.15) is 11.9 Å². The summed E-state index contributed by atoms with van der Waals surface area (Å²) < 4.78 is 18.6. The largest absolute Gasteiger partial charge is 0.364 e. The summed E-state index contributed by atoms with van der Waals surface area (Å²) in [5.74, 6) is -0.701. The summed E-state index contributed by atoms with van der Waals surface area (Å²) in [6.07, 6.45) is -0.573. The molecule has 0 saturated carbocycles. The number of rotatable bonds is 6. The van der Waals surface area contributed by atoms with Crippen LogP contribution in [0.1, 0.15) is 18.1 Å². The molecule has 0 bridgehead atoms. The van der Waals surface area contributed by atoms with Crippen molar-refractivity contribution in [1.82, 2.24) is 5.32 Å². The molecule has 0 aliphatic carbocycles. The zero-order chi connectivity index (χ0) is 15.9. The fraction of sp³-hybridized carbons (Fsp3) is 0.235. The van der Waals surface area contributed by atoms with Crippen molar-refractivity contribution in [3.05, 3.63) is 70.5 Å². The number of carbonyl (C=O) groups is 1. The van der Waals surface area contributed by atoms with Crippen molar-refractivity contribution >= 4 is 17.5 Å². The summed E-state index contributed by atoms with van der Waals surface area (Å²) in [6, 6.07) is 14.0. The molecule has 0 heterocycles. The van der Waals surface area contributed by atoms with E-state index in [4.69, 9.17) is 16.3 Å². The van der Waals surface area contributed by atoms with Crippen LogP contribution in [0.2, 0.25) is 5.02 Å². The predicted molar refractivity (Wildman–Crippen MR) is 83.9 cm³/mol. The maximum Gasteiger partial charge on any atom is 0.249 e. The Kier molecular flexibility index (Phi) is 5.92. The highest BCUT2D eigenvalue weighted by Crippen LogP contribution is 2.15. The molecule has 2 aromatic carbocycles. The summed E-state index contributed by atoms with van der Waals surface area (Å²) >= 11 is 5.70. The Bertz CT molecular complexity index is 634. The van der Waals surface area contributed by atoms with Gasteiger partial charge >= 0.3 is 0 Å². The number of amides is 1. The minimum absolute atomic E-state index is 0.0418. The van der Waals surface area contributed by atoms with Crippen molar-refractivity contribution in [3.8, 4) is 0 Å². The molecular formula is C17H17ClFNO2. The van der Waals surface area contributed by atoms with Gasteiger partial charge in [0.2, 0.25) is 5.91 Å². The van der Waals surface area contributed by atoms with Crippen LogP contribution in [-0.4, -0.2) is 12.0 Å². The lowest BCUT2D eigenvalue weighted by atomic mass is 10.2. The van der Waals surface area contributed by atoms with Gasteiger partial charge in [-0.15, -0.1) is 0 Å². The molecule has 1 N–H and O–H groups in total. The first kappa shape index (κ1) is 16.5. The first-order valence-corrected chi connectivity index (χ1v) is 7.31. The molecule has 1 atom stereocenters. The molecule has 5 heteroatoms. The van der Waals surface area contributed by atoms with Crippen LogP contribution in [0, 0.1) is 5.82 Å². The van der Waals surface area contributed by atoms with Crippen LogP contribution in [-0.2, 0) is 22.7 Å². The highest BCUT2D eigenvalue weighted by Gasteiger charge is 2.13. The number of benzene rings is 2. The predicted octanol–water partition coefficient (Wildman–Crippen LogP) is 3.70. The average Bonchev–Trinajstić information content (AvgIpc) is 2.54. The first-order chi connectivity index (χ1) is 10.6. The zero-order valence-corrected chi connectivity index (χ0v) is 12.9. The van der Waals surface area contributed by atoms with E-state index in [0.29, 0.717) is 6.61 Å². The van der Waals surface area contributed by atoms with Crippen LogP contribution in [0.5, 0.6) is 0 Å². The number of carbonyl (C=O) groups excluding carboxylic acids is 1. The summed E-state index contributed by atoms with van der Waals surface area (Å²) in [4.78, 5) is 11.9. The molecule has 2 rings (SSSR count). The van der Waals surface area contributed by atoms with E-state index in [0.717, 1.165) is 11.1 Å². The zero-order valence-electron chi connectivity index (χ0n) is 12.2. The van der Waals surface area contributed by atoms with E-state index in [1.807, 2.05) is 30.3 Å². The molecule has 116 valence electrons. The van der Waals surface area contributed by atoms with Crippen molar-refractivity contribution in [3.63, 3.8) is 0 Å². The molecule has 0 saturated heterocycles. The minimum Gasteiger partial charge on any atom is -0.364 e. The molecule has 0 fully saturated rings. The molecule has 2 aromatic rings. The SMILES string of the molecule is CC(OCc1ccccc1)C(=O)NCc1ccc(F)c(Cl)c1. The average molecular weight is 322 g/mol. The maximum atomic E-state index is 13.0. The van der Waals surface area contributed by atoms with E-state index in [2.05, 4.69) is 5.32 Å². The van der Waals surface area contributed by atoms with Gasteiger partial charge in [0.05, 0.1) is 11.6 Å².